The number of carbonyl (C=O) groups is 1. The van der Waals surface area contributed by atoms with Crippen LogP contribution in [0.1, 0.15) is 46.5 Å². The summed E-state index contributed by atoms with van der Waals surface area (Å²) in [7, 11) is 0. The van der Waals surface area contributed by atoms with Crippen molar-refractivity contribution >= 4 is 6.16 Å². The Morgan fingerprint density at radius 3 is 2.60 bits per heavy atom. The van der Waals surface area contributed by atoms with Crippen LogP contribution in [0.15, 0.2) is 11.6 Å². The van der Waals surface area contributed by atoms with Crippen molar-refractivity contribution in [1.29, 1.82) is 0 Å². The molecule has 1 aliphatic heterocycles. The molecule has 0 aromatic carbocycles. The lowest BCUT2D eigenvalue weighted by molar-refractivity contribution is 0.119. The van der Waals surface area contributed by atoms with E-state index in [1.165, 1.54) is 18.4 Å². The van der Waals surface area contributed by atoms with Crippen LogP contribution >= 0.6 is 0 Å². The Bertz CT molecular complexity index is 245. The number of rotatable bonds is 5. The zero-order valence-corrected chi connectivity index (χ0v) is 9.79. The van der Waals surface area contributed by atoms with E-state index in [2.05, 4.69) is 19.9 Å². The number of cyclic esters (lactones) is 2. The maximum atomic E-state index is 10.9. The van der Waals surface area contributed by atoms with E-state index in [0.717, 1.165) is 12.8 Å². The lowest BCUT2D eigenvalue weighted by atomic mass is 10.0. The fourth-order valence-electron chi connectivity index (χ4n) is 1.77. The van der Waals surface area contributed by atoms with Crippen molar-refractivity contribution in [3.05, 3.63) is 11.6 Å². The quantitative estimate of drug-likeness (QED) is 0.398. The van der Waals surface area contributed by atoms with Gasteiger partial charge in [-0.3, -0.25) is 0 Å². The van der Waals surface area contributed by atoms with E-state index in [1.807, 2.05) is 6.92 Å². The Balaban J connectivity index is 2.57. The average molecular weight is 212 g/mol. The summed E-state index contributed by atoms with van der Waals surface area (Å²) in [5.41, 5.74) is 1.18. The van der Waals surface area contributed by atoms with Crippen LogP contribution < -0.4 is 0 Å². The Kier molecular flexibility index (Phi) is 4.66. The second-order valence-corrected chi connectivity index (χ2v) is 3.89. The predicted octanol–water partition coefficient (Wildman–Crippen LogP) is 3.44. The molecule has 1 aliphatic rings. The predicted molar refractivity (Wildman–Crippen MR) is 58.7 cm³/mol. The minimum Gasteiger partial charge on any atom is -0.427 e. The molecule has 0 amide bonds. The highest BCUT2D eigenvalue weighted by Gasteiger charge is 2.34. The highest BCUT2D eigenvalue weighted by atomic mass is 16.8. The minimum absolute atomic E-state index is 0.148. The van der Waals surface area contributed by atoms with Gasteiger partial charge in [-0.05, 0) is 25.3 Å². The van der Waals surface area contributed by atoms with E-state index in [1.54, 1.807) is 0 Å². The van der Waals surface area contributed by atoms with E-state index >= 15 is 0 Å². The van der Waals surface area contributed by atoms with Crippen LogP contribution in [-0.4, -0.2) is 18.4 Å². The first-order chi connectivity index (χ1) is 7.19. The maximum absolute atomic E-state index is 10.9. The van der Waals surface area contributed by atoms with Crippen molar-refractivity contribution in [2.24, 2.45) is 0 Å². The summed E-state index contributed by atoms with van der Waals surface area (Å²) in [5, 5.41) is 0. The lowest BCUT2D eigenvalue weighted by Gasteiger charge is -2.14. The van der Waals surface area contributed by atoms with Gasteiger partial charge in [-0.15, -0.1) is 0 Å². The monoisotopic (exact) mass is 212 g/mol. The molecule has 2 atom stereocenters. The van der Waals surface area contributed by atoms with Gasteiger partial charge in [0.1, 0.15) is 6.10 Å². The molecule has 0 bridgehead atoms. The second kappa shape index (κ2) is 5.79. The fraction of sp³-hybridized carbons (Fsp3) is 0.750. The summed E-state index contributed by atoms with van der Waals surface area (Å²) >= 11 is 0. The highest BCUT2D eigenvalue weighted by Crippen LogP contribution is 2.24. The molecule has 0 spiro atoms. The van der Waals surface area contributed by atoms with Gasteiger partial charge in [-0.25, -0.2) is 4.79 Å². The van der Waals surface area contributed by atoms with Crippen molar-refractivity contribution in [2.45, 2.75) is 58.7 Å². The number of allylic oxidation sites excluding steroid dienone is 1. The lowest BCUT2D eigenvalue weighted by Crippen LogP contribution is -2.21. The molecule has 86 valence electrons. The van der Waals surface area contributed by atoms with Crippen molar-refractivity contribution in [1.82, 2.24) is 0 Å². The van der Waals surface area contributed by atoms with Crippen LogP contribution in [-0.2, 0) is 9.47 Å². The Hall–Kier alpha value is -0.990. The third-order valence-electron chi connectivity index (χ3n) is 2.67. The third-order valence-corrected chi connectivity index (χ3v) is 2.67. The summed E-state index contributed by atoms with van der Waals surface area (Å²) in [5.74, 6) is 0. The van der Waals surface area contributed by atoms with E-state index in [-0.39, 0.29) is 12.2 Å². The summed E-state index contributed by atoms with van der Waals surface area (Å²) < 4.78 is 10.1. The van der Waals surface area contributed by atoms with E-state index in [4.69, 9.17) is 9.47 Å². The standard InChI is InChI=1S/C12H20O3/c1-4-6-7-8-10(5-2)11-9(3)14-12(13)15-11/h8-9,11H,4-7H2,1-3H3/b10-8-/t9-,11+/m0/s1. The van der Waals surface area contributed by atoms with Crippen molar-refractivity contribution in [3.8, 4) is 0 Å². The molecule has 1 heterocycles. The molecule has 0 aromatic heterocycles. The molecule has 15 heavy (non-hydrogen) atoms. The molecular formula is C12H20O3. The van der Waals surface area contributed by atoms with E-state index in [0.29, 0.717) is 0 Å². The first kappa shape index (κ1) is 12.1. The smallest absolute Gasteiger partial charge is 0.427 e. The SMILES string of the molecule is CCCC/C=C(/CC)[C@@H]1OC(=O)O[C@H]1C. The minimum atomic E-state index is -0.539. The van der Waals surface area contributed by atoms with Gasteiger partial charge in [-0.2, -0.15) is 0 Å². The van der Waals surface area contributed by atoms with Gasteiger partial charge in [0, 0.05) is 0 Å². The number of unbranched alkanes of at least 4 members (excludes halogenated alkanes) is 2. The molecule has 1 saturated heterocycles. The molecule has 3 heteroatoms. The van der Waals surface area contributed by atoms with Crippen LogP contribution in [0.2, 0.25) is 0 Å². The molecule has 0 aliphatic carbocycles. The molecule has 3 nitrogen and oxygen atoms in total. The van der Waals surface area contributed by atoms with Crippen LogP contribution in [0.4, 0.5) is 4.79 Å². The van der Waals surface area contributed by atoms with Gasteiger partial charge in [0.2, 0.25) is 0 Å². The largest absolute Gasteiger partial charge is 0.509 e. The Morgan fingerprint density at radius 1 is 1.40 bits per heavy atom. The van der Waals surface area contributed by atoms with Crippen molar-refractivity contribution in [2.75, 3.05) is 0 Å². The number of carbonyl (C=O) groups excluding carboxylic acids is 1. The third kappa shape index (κ3) is 3.26. The first-order valence-electron chi connectivity index (χ1n) is 5.75. The van der Waals surface area contributed by atoms with Gasteiger partial charge >= 0.3 is 6.16 Å². The van der Waals surface area contributed by atoms with Gasteiger partial charge in [0.05, 0.1) is 0 Å². The van der Waals surface area contributed by atoms with Gasteiger partial charge < -0.3 is 9.47 Å². The summed E-state index contributed by atoms with van der Waals surface area (Å²) in [6.45, 7) is 6.12. The zero-order valence-electron chi connectivity index (χ0n) is 9.79. The Morgan fingerprint density at radius 2 is 2.13 bits per heavy atom. The van der Waals surface area contributed by atoms with Gasteiger partial charge in [0.25, 0.3) is 0 Å². The van der Waals surface area contributed by atoms with E-state index < -0.39 is 6.16 Å². The second-order valence-electron chi connectivity index (χ2n) is 3.89. The molecule has 0 unspecified atom stereocenters. The van der Waals surface area contributed by atoms with Crippen LogP contribution in [0.5, 0.6) is 0 Å². The maximum Gasteiger partial charge on any atom is 0.509 e. The molecule has 0 radical (unpaired) electrons. The van der Waals surface area contributed by atoms with Crippen LogP contribution in [0, 0.1) is 0 Å². The molecule has 1 fully saturated rings. The van der Waals surface area contributed by atoms with Crippen LogP contribution in [0.3, 0.4) is 0 Å². The van der Waals surface area contributed by atoms with Crippen molar-refractivity contribution < 1.29 is 14.3 Å². The molecule has 0 N–H and O–H groups in total. The molecule has 1 rings (SSSR count). The molecule has 0 aromatic rings. The molecular weight excluding hydrogens is 192 g/mol. The normalized spacial score (nSPS) is 26.3. The summed E-state index contributed by atoms with van der Waals surface area (Å²) in [6.07, 6.45) is 5.67. The first-order valence-corrected chi connectivity index (χ1v) is 5.75. The van der Waals surface area contributed by atoms with Crippen LogP contribution in [0.25, 0.3) is 0 Å². The van der Waals surface area contributed by atoms with E-state index in [9.17, 15) is 4.79 Å². The zero-order chi connectivity index (χ0) is 11.3. The number of hydrogen-bond donors (Lipinski definition) is 0. The fourth-order valence-corrected chi connectivity index (χ4v) is 1.77. The summed E-state index contributed by atoms with van der Waals surface area (Å²) in [6, 6.07) is 0. The number of hydrogen-bond acceptors (Lipinski definition) is 3. The Labute approximate surface area is 91.4 Å². The average Bonchev–Trinajstić information content (AvgIpc) is 2.53. The van der Waals surface area contributed by atoms with Gasteiger partial charge in [-0.1, -0.05) is 32.8 Å². The highest BCUT2D eigenvalue weighted by molar-refractivity contribution is 5.63. The summed E-state index contributed by atoms with van der Waals surface area (Å²) in [4.78, 5) is 10.9. The van der Waals surface area contributed by atoms with Crippen molar-refractivity contribution in [3.63, 3.8) is 0 Å². The van der Waals surface area contributed by atoms with Gasteiger partial charge in [0.15, 0.2) is 6.10 Å². The number of ether oxygens (including phenoxy) is 2. The molecule has 0 saturated carbocycles. The topological polar surface area (TPSA) is 35.5 Å².